The van der Waals surface area contributed by atoms with Crippen molar-refractivity contribution in [3.63, 3.8) is 0 Å². The minimum absolute atomic E-state index is 0.0203. The number of pyridine rings is 1. The predicted molar refractivity (Wildman–Crippen MR) is 168 cm³/mol. The molecule has 2 aromatic carbocycles. The molecule has 1 aliphatic rings. The standard InChI is InChI=1S/C34H45N3O5S/c1-26(2)24-37(43(40,41)29-17-15-28(42-3)16-18-29)25-31(38)30(22-27-12-6-4-7-13-27)36-33(39)23-34(19-9-5-10-20-34)32-14-8-11-21-35-32/h4,6-8,11-18,21,26,30-31,38H,5,9-10,19-20,22-25H2,1-3H3,(H,36,39). The molecule has 8 nitrogen and oxygen atoms in total. The van der Waals surface area contributed by atoms with Crippen molar-refractivity contribution in [3.8, 4) is 5.75 Å². The van der Waals surface area contributed by atoms with E-state index in [-0.39, 0.29) is 41.6 Å². The molecule has 232 valence electrons. The van der Waals surface area contributed by atoms with Gasteiger partial charge in [0.1, 0.15) is 5.75 Å². The first kappa shape index (κ1) is 32.6. The molecule has 2 unspecified atom stereocenters. The number of nitrogens with zero attached hydrogens (tertiary/aromatic N) is 2. The number of aliphatic hydroxyl groups excluding tert-OH is 1. The number of aliphatic hydroxyl groups is 1. The molecule has 43 heavy (non-hydrogen) atoms. The summed E-state index contributed by atoms with van der Waals surface area (Å²) >= 11 is 0. The number of aromatic nitrogens is 1. The smallest absolute Gasteiger partial charge is 0.243 e. The highest BCUT2D eigenvalue weighted by Crippen LogP contribution is 2.41. The number of methoxy groups -OCH3 is 1. The van der Waals surface area contributed by atoms with Crippen LogP contribution >= 0.6 is 0 Å². The highest BCUT2D eigenvalue weighted by atomic mass is 32.2. The molecule has 0 spiro atoms. The van der Waals surface area contributed by atoms with Crippen LogP contribution in [0, 0.1) is 5.92 Å². The second-order valence-electron chi connectivity index (χ2n) is 12.1. The van der Waals surface area contributed by atoms with Crippen molar-refractivity contribution < 1.29 is 23.1 Å². The molecular weight excluding hydrogens is 562 g/mol. The number of rotatable bonds is 14. The quantitative estimate of drug-likeness (QED) is 0.264. The fraction of sp³-hybridized carbons (Fsp3) is 0.471. The molecule has 0 aliphatic heterocycles. The van der Waals surface area contributed by atoms with E-state index in [1.807, 2.05) is 62.4 Å². The first-order chi connectivity index (χ1) is 20.6. The minimum atomic E-state index is -3.92. The van der Waals surface area contributed by atoms with Gasteiger partial charge in [-0.05, 0) is 67.1 Å². The van der Waals surface area contributed by atoms with Gasteiger partial charge in [0.05, 0.1) is 24.2 Å². The summed E-state index contributed by atoms with van der Waals surface area (Å²) in [5.41, 5.74) is 1.52. The number of carbonyl (C=O) groups is 1. The maximum Gasteiger partial charge on any atom is 0.243 e. The van der Waals surface area contributed by atoms with E-state index in [1.54, 1.807) is 18.3 Å². The molecule has 1 aliphatic carbocycles. The fourth-order valence-corrected chi connectivity index (χ4v) is 7.68. The molecule has 3 aromatic rings. The van der Waals surface area contributed by atoms with Crippen LogP contribution in [0.3, 0.4) is 0 Å². The Kier molecular flexibility index (Phi) is 11.3. The molecule has 2 N–H and O–H groups in total. The molecule has 2 atom stereocenters. The molecular formula is C34H45N3O5S. The van der Waals surface area contributed by atoms with Crippen LogP contribution in [0.15, 0.2) is 83.9 Å². The molecule has 1 aromatic heterocycles. The first-order valence-corrected chi connectivity index (χ1v) is 16.6. The maximum atomic E-state index is 13.7. The van der Waals surface area contributed by atoms with Gasteiger partial charge in [0, 0.05) is 36.8 Å². The van der Waals surface area contributed by atoms with Crippen LogP contribution in [0.4, 0.5) is 0 Å². The van der Waals surface area contributed by atoms with Crippen molar-refractivity contribution >= 4 is 15.9 Å². The van der Waals surface area contributed by atoms with E-state index in [0.29, 0.717) is 12.2 Å². The number of hydrogen-bond donors (Lipinski definition) is 2. The Hall–Kier alpha value is -3.27. The summed E-state index contributed by atoms with van der Waals surface area (Å²) in [6, 6.07) is 21.0. The number of sulfonamides is 1. The van der Waals surface area contributed by atoms with Crippen molar-refractivity contribution in [3.05, 3.63) is 90.3 Å². The van der Waals surface area contributed by atoms with Gasteiger partial charge in [-0.3, -0.25) is 9.78 Å². The lowest BCUT2D eigenvalue weighted by Crippen LogP contribution is -2.52. The minimum Gasteiger partial charge on any atom is -0.497 e. The average Bonchev–Trinajstić information content (AvgIpc) is 3.01. The Bertz CT molecular complexity index is 1390. The molecule has 1 saturated carbocycles. The van der Waals surface area contributed by atoms with Crippen molar-refractivity contribution in [2.24, 2.45) is 5.92 Å². The maximum absolute atomic E-state index is 13.7. The zero-order valence-electron chi connectivity index (χ0n) is 25.5. The molecule has 1 amide bonds. The summed E-state index contributed by atoms with van der Waals surface area (Å²) < 4.78 is 34.0. The Morgan fingerprint density at radius 1 is 0.977 bits per heavy atom. The van der Waals surface area contributed by atoms with Crippen LogP contribution in [0.25, 0.3) is 0 Å². The molecule has 1 heterocycles. The van der Waals surface area contributed by atoms with Gasteiger partial charge in [0.25, 0.3) is 0 Å². The first-order valence-electron chi connectivity index (χ1n) is 15.2. The lowest BCUT2D eigenvalue weighted by molar-refractivity contribution is -0.124. The van der Waals surface area contributed by atoms with Crippen LogP contribution < -0.4 is 10.1 Å². The van der Waals surface area contributed by atoms with E-state index in [9.17, 15) is 18.3 Å². The molecule has 0 bridgehead atoms. The van der Waals surface area contributed by atoms with E-state index < -0.39 is 22.2 Å². The normalized spacial score (nSPS) is 16.5. The van der Waals surface area contributed by atoms with Gasteiger partial charge in [-0.15, -0.1) is 0 Å². The topological polar surface area (TPSA) is 109 Å². The van der Waals surface area contributed by atoms with Crippen molar-refractivity contribution in [1.82, 2.24) is 14.6 Å². The third-order valence-corrected chi connectivity index (χ3v) is 10.1. The van der Waals surface area contributed by atoms with E-state index in [4.69, 9.17) is 4.74 Å². The summed E-state index contributed by atoms with van der Waals surface area (Å²) in [5.74, 6) is 0.411. The highest BCUT2D eigenvalue weighted by Gasteiger charge is 2.38. The largest absolute Gasteiger partial charge is 0.497 e. The van der Waals surface area contributed by atoms with Crippen LogP contribution in [0.2, 0.25) is 0 Å². The molecule has 9 heteroatoms. The van der Waals surface area contributed by atoms with Gasteiger partial charge in [-0.1, -0.05) is 69.5 Å². The van der Waals surface area contributed by atoms with Gasteiger partial charge in [0.15, 0.2) is 0 Å². The number of carbonyl (C=O) groups excluding carboxylic acids is 1. The Labute approximate surface area is 256 Å². The van der Waals surface area contributed by atoms with Gasteiger partial charge < -0.3 is 15.2 Å². The molecule has 0 saturated heterocycles. The zero-order chi connectivity index (χ0) is 30.9. The zero-order valence-corrected chi connectivity index (χ0v) is 26.3. The fourth-order valence-electron chi connectivity index (χ4n) is 6.06. The number of amides is 1. The predicted octanol–water partition coefficient (Wildman–Crippen LogP) is 5.12. The second-order valence-corrected chi connectivity index (χ2v) is 14.0. The van der Waals surface area contributed by atoms with Crippen LogP contribution in [-0.2, 0) is 26.7 Å². The lowest BCUT2D eigenvalue weighted by Gasteiger charge is -2.37. The Morgan fingerprint density at radius 2 is 1.65 bits per heavy atom. The van der Waals surface area contributed by atoms with Crippen molar-refractivity contribution in [1.29, 1.82) is 0 Å². The second kappa shape index (κ2) is 14.9. The summed E-state index contributed by atoms with van der Waals surface area (Å²) in [5, 5.41) is 14.7. The van der Waals surface area contributed by atoms with Crippen molar-refractivity contribution in [2.45, 2.75) is 81.2 Å². The van der Waals surface area contributed by atoms with E-state index in [2.05, 4.69) is 10.3 Å². The van der Waals surface area contributed by atoms with Gasteiger partial charge in [-0.2, -0.15) is 4.31 Å². The van der Waals surface area contributed by atoms with E-state index in [1.165, 1.54) is 23.5 Å². The highest BCUT2D eigenvalue weighted by molar-refractivity contribution is 7.89. The van der Waals surface area contributed by atoms with E-state index in [0.717, 1.165) is 43.4 Å². The summed E-state index contributed by atoms with van der Waals surface area (Å²) in [6.07, 6.45) is 6.23. The molecule has 0 radical (unpaired) electrons. The van der Waals surface area contributed by atoms with Crippen LogP contribution in [0.5, 0.6) is 5.75 Å². The number of benzene rings is 2. The molecule has 4 rings (SSSR count). The third-order valence-electron chi connectivity index (χ3n) is 8.28. The Morgan fingerprint density at radius 3 is 2.26 bits per heavy atom. The van der Waals surface area contributed by atoms with Crippen molar-refractivity contribution in [2.75, 3.05) is 20.2 Å². The van der Waals surface area contributed by atoms with Gasteiger partial charge in [-0.25, -0.2) is 8.42 Å². The summed E-state index contributed by atoms with van der Waals surface area (Å²) in [4.78, 5) is 18.5. The Balaban J connectivity index is 1.58. The monoisotopic (exact) mass is 607 g/mol. The summed E-state index contributed by atoms with van der Waals surface area (Å²) in [6.45, 7) is 3.94. The van der Waals surface area contributed by atoms with Gasteiger partial charge in [0.2, 0.25) is 15.9 Å². The average molecular weight is 608 g/mol. The SMILES string of the molecule is COc1ccc(S(=O)(=O)N(CC(C)C)CC(O)C(Cc2ccccc2)NC(=O)CC2(c3ccccn3)CCCCC2)cc1. The lowest BCUT2D eigenvalue weighted by atomic mass is 9.69. The number of nitrogens with one attached hydrogen (secondary N) is 1. The van der Waals surface area contributed by atoms with E-state index >= 15 is 0 Å². The third kappa shape index (κ3) is 8.65. The van der Waals surface area contributed by atoms with Gasteiger partial charge >= 0.3 is 0 Å². The molecule has 1 fully saturated rings. The number of hydrogen-bond acceptors (Lipinski definition) is 6. The van der Waals surface area contributed by atoms with Crippen LogP contribution in [-0.4, -0.2) is 61.1 Å². The summed E-state index contributed by atoms with van der Waals surface area (Å²) in [7, 11) is -2.40. The van der Waals surface area contributed by atoms with Crippen LogP contribution in [0.1, 0.15) is 63.6 Å². The number of ether oxygens (including phenoxy) is 1.